The van der Waals surface area contributed by atoms with Crippen LogP contribution in [0.15, 0.2) is 41.9 Å². The first-order valence-corrected chi connectivity index (χ1v) is 8.39. The first-order chi connectivity index (χ1) is 11.7. The van der Waals surface area contributed by atoms with Crippen LogP contribution in [0.1, 0.15) is 6.92 Å². The third-order valence-corrected chi connectivity index (χ3v) is 4.18. The zero-order valence-corrected chi connectivity index (χ0v) is 13.9. The molecule has 124 valence electrons. The third kappa shape index (κ3) is 3.38. The summed E-state index contributed by atoms with van der Waals surface area (Å²) in [5.74, 6) is 0.339. The topological polar surface area (TPSA) is 87.5 Å². The quantitative estimate of drug-likeness (QED) is 0.664. The Hall–Kier alpha value is -2.87. The molecule has 0 aliphatic heterocycles. The van der Waals surface area contributed by atoms with Gasteiger partial charge in [-0.05, 0) is 30.5 Å². The molecule has 3 rings (SSSR count). The maximum absolute atomic E-state index is 12.1. The monoisotopic (exact) mass is 343 g/mol. The van der Waals surface area contributed by atoms with E-state index in [2.05, 4.69) is 20.9 Å². The van der Waals surface area contributed by atoms with Crippen LogP contribution in [0.4, 0.5) is 10.6 Å². The Bertz CT molecular complexity index is 857. The molecule has 3 aromatic heterocycles. The molecule has 3 heterocycles. The summed E-state index contributed by atoms with van der Waals surface area (Å²) in [6.07, 6.45) is 1.83. The molecule has 3 amide bonds. The van der Waals surface area contributed by atoms with Gasteiger partial charge in [0.05, 0.1) is 11.4 Å². The highest BCUT2D eigenvalue weighted by Gasteiger charge is 2.17. The van der Waals surface area contributed by atoms with Crippen molar-refractivity contribution in [3.05, 3.63) is 41.9 Å². The minimum absolute atomic E-state index is 0.0786. The summed E-state index contributed by atoms with van der Waals surface area (Å²) in [4.78, 5) is 29.1. The number of urea groups is 1. The highest BCUT2D eigenvalue weighted by atomic mass is 32.1. The van der Waals surface area contributed by atoms with Gasteiger partial charge in [0.15, 0.2) is 0 Å². The number of anilines is 1. The number of hydrogen-bond acceptors (Lipinski definition) is 4. The summed E-state index contributed by atoms with van der Waals surface area (Å²) < 4.78 is 1.81. The van der Waals surface area contributed by atoms with Crippen molar-refractivity contribution in [2.24, 2.45) is 0 Å². The zero-order valence-electron chi connectivity index (χ0n) is 13.1. The number of hydrogen-bond donors (Lipinski definition) is 3. The lowest BCUT2D eigenvalue weighted by Crippen LogP contribution is -2.39. The van der Waals surface area contributed by atoms with Gasteiger partial charge in [0.1, 0.15) is 17.2 Å². The van der Waals surface area contributed by atoms with E-state index in [0.29, 0.717) is 18.1 Å². The first-order valence-electron chi connectivity index (χ1n) is 7.51. The minimum Gasteiger partial charge on any atom is -0.355 e. The molecule has 3 N–H and O–H groups in total. The molecule has 0 radical (unpaired) electrons. The smallest absolute Gasteiger partial charge is 0.320 e. The number of nitrogens with zero attached hydrogens (tertiary/aromatic N) is 2. The van der Waals surface area contributed by atoms with Crippen molar-refractivity contribution in [1.29, 1.82) is 0 Å². The molecule has 0 fully saturated rings. The number of rotatable bonds is 5. The van der Waals surface area contributed by atoms with Gasteiger partial charge in [-0.3, -0.25) is 14.5 Å². The molecule has 0 aliphatic rings. The molecule has 0 saturated carbocycles. The number of likely N-dealkylation sites (N-methyl/N-ethyl adjacent to an activating group) is 1. The van der Waals surface area contributed by atoms with E-state index in [9.17, 15) is 9.59 Å². The Kier molecular flexibility index (Phi) is 4.76. The SMILES string of the molecule is CCNC(=O)CNC(=O)Nc1c(-c2cccs2)nc2ccccn12. The second-order valence-electron chi connectivity index (χ2n) is 4.98. The lowest BCUT2D eigenvalue weighted by Gasteiger charge is -2.08. The lowest BCUT2D eigenvalue weighted by molar-refractivity contribution is -0.119. The molecule has 7 nitrogen and oxygen atoms in total. The molecule has 0 atom stereocenters. The van der Waals surface area contributed by atoms with Crippen molar-refractivity contribution < 1.29 is 9.59 Å². The second kappa shape index (κ2) is 7.14. The largest absolute Gasteiger partial charge is 0.355 e. The lowest BCUT2D eigenvalue weighted by atomic mass is 10.3. The zero-order chi connectivity index (χ0) is 16.9. The van der Waals surface area contributed by atoms with Crippen molar-refractivity contribution in [1.82, 2.24) is 20.0 Å². The number of imidazole rings is 1. The van der Waals surface area contributed by atoms with Gasteiger partial charge < -0.3 is 10.6 Å². The van der Waals surface area contributed by atoms with Gasteiger partial charge in [-0.15, -0.1) is 11.3 Å². The summed E-state index contributed by atoms with van der Waals surface area (Å²) in [7, 11) is 0. The van der Waals surface area contributed by atoms with E-state index >= 15 is 0 Å². The van der Waals surface area contributed by atoms with E-state index in [4.69, 9.17) is 0 Å². The second-order valence-corrected chi connectivity index (χ2v) is 5.92. The Balaban J connectivity index is 1.84. The van der Waals surface area contributed by atoms with E-state index in [1.54, 1.807) is 15.7 Å². The minimum atomic E-state index is -0.454. The standard InChI is InChI=1S/C16H17N5O2S/c1-2-17-13(22)10-18-16(23)20-15-14(11-6-5-9-24-11)19-12-7-3-4-8-21(12)15/h3-9H,2,10H2,1H3,(H,17,22)(H2,18,20,23). The van der Waals surface area contributed by atoms with Gasteiger partial charge in [0.2, 0.25) is 5.91 Å². The van der Waals surface area contributed by atoms with E-state index in [1.165, 1.54) is 0 Å². The Morgan fingerprint density at radius 1 is 1.21 bits per heavy atom. The number of amides is 3. The van der Waals surface area contributed by atoms with Gasteiger partial charge in [0.25, 0.3) is 0 Å². The first kappa shape index (κ1) is 16.0. The van der Waals surface area contributed by atoms with Crippen molar-refractivity contribution in [2.45, 2.75) is 6.92 Å². The van der Waals surface area contributed by atoms with Crippen LogP contribution in [0, 0.1) is 0 Å². The van der Waals surface area contributed by atoms with Crippen molar-refractivity contribution in [3.63, 3.8) is 0 Å². The Morgan fingerprint density at radius 3 is 2.83 bits per heavy atom. The molecular formula is C16H17N5O2S. The van der Waals surface area contributed by atoms with E-state index in [1.807, 2.05) is 48.8 Å². The Morgan fingerprint density at radius 2 is 2.08 bits per heavy atom. The van der Waals surface area contributed by atoms with Crippen molar-refractivity contribution in [3.8, 4) is 10.6 Å². The average Bonchev–Trinajstić information content (AvgIpc) is 3.21. The van der Waals surface area contributed by atoms with Crippen LogP contribution in [-0.4, -0.2) is 34.4 Å². The van der Waals surface area contributed by atoms with Crippen LogP contribution >= 0.6 is 11.3 Å². The van der Waals surface area contributed by atoms with Gasteiger partial charge in [0, 0.05) is 12.7 Å². The normalized spacial score (nSPS) is 10.5. The number of carbonyl (C=O) groups excluding carboxylic acids is 2. The maximum Gasteiger partial charge on any atom is 0.320 e. The maximum atomic E-state index is 12.1. The van der Waals surface area contributed by atoms with E-state index in [-0.39, 0.29) is 12.5 Å². The fourth-order valence-electron chi connectivity index (χ4n) is 2.27. The third-order valence-electron chi connectivity index (χ3n) is 3.30. The highest BCUT2D eigenvalue weighted by molar-refractivity contribution is 7.13. The summed E-state index contributed by atoms with van der Waals surface area (Å²) >= 11 is 1.55. The summed E-state index contributed by atoms with van der Waals surface area (Å²) in [6.45, 7) is 2.27. The van der Waals surface area contributed by atoms with Crippen LogP contribution in [0.5, 0.6) is 0 Å². The van der Waals surface area contributed by atoms with Crippen molar-refractivity contribution in [2.75, 3.05) is 18.4 Å². The summed E-state index contributed by atoms with van der Waals surface area (Å²) in [5.41, 5.74) is 1.43. The van der Waals surface area contributed by atoms with E-state index in [0.717, 1.165) is 10.5 Å². The van der Waals surface area contributed by atoms with Gasteiger partial charge in [-0.1, -0.05) is 12.1 Å². The molecule has 0 unspecified atom stereocenters. The molecule has 3 aromatic rings. The summed E-state index contributed by atoms with van der Waals surface area (Å²) in [5, 5.41) is 9.92. The molecule has 8 heteroatoms. The molecule has 0 saturated heterocycles. The molecule has 0 aliphatic carbocycles. The molecular weight excluding hydrogens is 326 g/mol. The van der Waals surface area contributed by atoms with Gasteiger partial charge in [-0.2, -0.15) is 0 Å². The molecule has 0 bridgehead atoms. The number of pyridine rings is 1. The van der Waals surface area contributed by atoms with Crippen LogP contribution in [0.25, 0.3) is 16.2 Å². The molecule has 0 aromatic carbocycles. The number of fused-ring (bicyclic) bond motifs is 1. The summed E-state index contributed by atoms with van der Waals surface area (Å²) in [6, 6.07) is 9.05. The van der Waals surface area contributed by atoms with Crippen LogP contribution in [0.3, 0.4) is 0 Å². The number of thiophene rings is 1. The highest BCUT2D eigenvalue weighted by Crippen LogP contribution is 2.31. The van der Waals surface area contributed by atoms with Crippen LogP contribution in [-0.2, 0) is 4.79 Å². The van der Waals surface area contributed by atoms with Crippen LogP contribution < -0.4 is 16.0 Å². The predicted octanol–water partition coefficient (Wildman–Crippen LogP) is 2.32. The molecule has 24 heavy (non-hydrogen) atoms. The fraction of sp³-hybridized carbons (Fsp3) is 0.188. The van der Waals surface area contributed by atoms with Crippen LogP contribution in [0.2, 0.25) is 0 Å². The molecule has 0 spiro atoms. The Labute approximate surface area is 142 Å². The number of aromatic nitrogens is 2. The average molecular weight is 343 g/mol. The van der Waals surface area contributed by atoms with Crippen molar-refractivity contribution >= 4 is 34.7 Å². The predicted molar refractivity (Wildman–Crippen MR) is 94.2 cm³/mol. The van der Waals surface area contributed by atoms with Gasteiger partial charge in [-0.25, -0.2) is 9.78 Å². The number of carbonyl (C=O) groups is 2. The van der Waals surface area contributed by atoms with Gasteiger partial charge >= 0.3 is 6.03 Å². The van der Waals surface area contributed by atoms with E-state index < -0.39 is 6.03 Å². The fourth-order valence-corrected chi connectivity index (χ4v) is 2.99. The number of nitrogens with one attached hydrogen (secondary N) is 3.